The summed E-state index contributed by atoms with van der Waals surface area (Å²) >= 11 is 0. The van der Waals surface area contributed by atoms with Gasteiger partial charge in [-0.15, -0.1) is 10.2 Å². The van der Waals surface area contributed by atoms with Crippen LogP contribution in [0.2, 0.25) is 0 Å². The van der Waals surface area contributed by atoms with E-state index in [1.165, 1.54) is 26.2 Å². The van der Waals surface area contributed by atoms with Crippen molar-refractivity contribution < 1.29 is 36.6 Å². The van der Waals surface area contributed by atoms with E-state index >= 15 is 0 Å². The second-order valence-electron chi connectivity index (χ2n) is 14.3. The Kier molecular flexibility index (Phi) is 11.5. The molecule has 1 amide bonds. The molecular formula is C36H46F4N8O4. The SMILES string of the molecule is COC1(C)CN(CCCN2CCc3nccc(OC4CCN(c5ncnnc5Oc5ccc(F)cc5C(=O)N(CC(F)(F)F)C(C)C)CC4)c3C2)C1. The zero-order chi connectivity index (χ0) is 37.0. The highest BCUT2D eigenvalue weighted by molar-refractivity contribution is 5.97. The molecule has 282 valence electrons. The minimum Gasteiger partial charge on any atom is -0.490 e. The van der Waals surface area contributed by atoms with Crippen LogP contribution in [0, 0.1) is 5.82 Å². The molecule has 5 heterocycles. The summed E-state index contributed by atoms with van der Waals surface area (Å²) in [6.07, 6.45) is 1.66. The van der Waals surface area contributed by atoms with Gasteiger partial charge in [-0.3, -0.25) is 19.6 Å². The normalized spacial score (nSPS) is 18.2. The van der Waals surface area contributed by atoms with Gasteiger partial charge in [0.1, 0.15) is 36.3 Å². The lowest BCUT2D eigenvalue weighted by atomic mass is 9.96. The van der Waals surface area contributed by atoms with Gasteiger partial charge in [0.25, 0.3) is 11.8 Å². The maximum atomic E-state index is 14.3. The first-order valence-electron chi connectivity index (χ1n) is 17.7. The van der Waals surface area contributed by atoms with Crippen molar-refractivity contribution in [2.45, 2.75) is 76.9 Å². The average Bonchev–Trinajstić information content (AvgIpc) is 3.10. The molecule has 3 aliphatic rings. The minimum atomic E-state index is -4.65. The van der Waals surface area contributed by atoms with Gasteiger partial charge in [-0.1, -0.05) is 0 Å². The van der Waals surface area contributed by atoms with Crippen LogP contribution in [0.3, 0.4) is 0 Å². The summed E-state index contributed by atoms with van der Waals surface area (Å²) in [5.74, 6) is -0.844. The van der Waals surface area contributed by atoms with E-state index in [9.17, 15) is 22.4 Å². The Balaban J connectivity index is 1.07. The van der Waals surface area contributed by atoms with E-state index in [0.29, 0.717) is 36.6 Å². The number of amides is 1. The summed E-state index contributed by atoms with van der Waals surface area (Å²) in [6.45, 7) is 10.4. The van der Waals surface area contributed by atoms with Crippen LogP contribution < -0.4 is 14.4 Å². The summed E-state index contributed by atoms with van der Waals surface area (Å²) in [7, 11) is 1.77. The quantitative estimate of drug-likeness (QED) is 0.219. The molecule has 2 saturated heterocycles. The molecule has 0 atom stereocenters. The first-order chi connectivity index (χ1) is 24.8. The van der Waals surface area contributed by atoms with Gasteiger partial charge >= 0.3 is 6.18 Å². The molecule has 0 N–H and O–H groups in total. The molecule has 0 unspecified atom stereocenters. The number of benzene rings is 1. The molecule has 2 aromatic heterocycles. The molecule has 0 spiro atoms. The van der Waals surface area contributed by atoms with E-state index in [-0.39, 0.29) is 28.9 Å². The number of likely N-dealkylation sites (tertiary alicyclic amines) is 1. The Morgan fingerprint density at radius 1 is 1.06 bits per heavy atom. The summed E-state index contributed by atoms with van der Waals surface area (Å²) in [5, 5.41) is 7.91. The Morgan fingerprint density at radius 3 is 2.52 bits per heavy atom. The maximum absolute atomic E-state index is 14.3. The number of rotatable bonds is 13. The van der Waals surface area contributed by atoms with E-state index < -0.39 is 30.5 Å². The molecule has 3 aromatic rings. The molecule has 2 fully saturated rings. The second kappa shape index (κ2) is 15.8. The first kappa shape index (κ1) is 37.6. The molecule has 0 aliphatic carbocycles. The molecule has 0 bridgehead atoms. The maximum Gasteiger partial charge on any atom is 0.406 e. The first-order valence-corrected chi connectivity index (χ1v) is 17.7. The number of ether oxygens (including phenoxy) is 3. The zero-order valence-corrected chi connectivity index (χ0v) is 30.0. The molecule has 12 nitrogen and oxygen atoms in total. The highest BCUT2D eigenvalue weighted by Gasteiger charge is 2.38. The predicted molar refractivity (Wildman–Crippen MR) is 184 cm³/mol. The summed E-state index contributed by atoms with van der Waals surface area (Å²) in [5.41, 5.74) is 1.83. The smallest absolute Gasteiger partial charge is 0.406 e. The van der Waals surface area contributed by atoms with Crippen molar-refractivity contribution in [3.63, 3.8) is 0 Å². The number of halogens is 4. The van der Waals surface area contributed by atoms with Crippen molar-refractivity contribution in [1.29, 1.82) is 0 Å². The summed E-state index contributed by atoms with van der Waals surface area (Å²) in [6, 6.07) is 4.24. The molecule has 16 heteroatoms. The lowest BCUT2D eigenvalue weighted by Gasteiger charge is -2.47. The number of pyridine rings is 1. The number of fused-ring (bicyclic) bond motifs is 1. The highest BCUT2D eigenvalue weighted by Crippen LogP contribution is 2.35. The van der Waals surface area contributed by atoms with Gasteiger partial charge in [0.2, 0.25) is 0 Å². The third-order valence-corrected chi connectivity index (χ3v) is 9.93. The van der Waals surface area contributed by atoms with Crippen LogP contribution in [-0.2, 0) is 17.7 Å². The molecule has 52 heavy (non-hydrogen) atoms. The van der Waals surface area contributed by atoms with Crippen molar-refractivity contribution >= 4 is 11.7 Å². The largest absolute Gasteiger partial charge is 0.490 e. The molecule has 6 rings (SSSR count). The van der Waals surface area contributed by atoms with Gasteiger partial charge in [0.05, 0.1) is 11.2 Å². The zero-order valence-electron chi connectivity index (χ0n) is 30.0. The van der Waals surface area contributed by atoms with Crippen molar-refractivity contribution in [1.82, 2.24) is 34.9 Å². The third kappa shape index (κ3) is 9.07. The molecule has 0 saturated carbocycles. The summed E-state index contributed by atoms with van der Waals surface area (Å²) < 4.78 is 72.4. The lowest BCUT2D eigenvalue weighted by molar-refractivity contribution is -0.143. The van der Waals surface area contributed by atoms with Crippen LogP contribution in [0.4, 0.5) is 23.4 Å². The number of piperidine rings is 1. The molecule has 3 aliphatic heterocycles. The third-order valence-electron chi connectivity index (χ3n) is 9.93. The lowest BCUT2D eigenvalue weighted by Crippen LogP contribution is -2.61. The van der Waals surface area contributed by atoms with Crippen LogP contribution in [0.15, 0.2) is 36.8 Å². The van der Waals surface area contributed by atoms with Crippen LogP contribution in [0.1, 0.15) is 61.6 Å². The standard InChI is InChI=1S/C36H46F4N8O4/c1-24(2)48(22-36(38,39)40)34(49)27-18-25(37)6-7-30(27)52-33-32(42-23-43-44-33)47-16-9-26(10-17-47)51-31-8-12-41-29-11-15-45(19-28(29)31)13-5-14-46-20-35(3,21-46)50-4/h6-8,12,18,23-24,26H,5,9-11,13-17,19-22H2,1-4H3. The van der Waals surface area contributed by atoms with Crippen molar-refractivity contribution in [2.24, 2.45) is 0 Å². The van der Waals surface area contributed by atoms with Crippen LogP contribution in [-0.4, -0.2) is 124 Å². The predicted octanol–water partition coefficient (Wildman–Crippen LogP) is 5.13. The average molecular weight is 731 g/mol. The molecular weight excluding hydrogens is 684 g/mol. The highest BCUT2D eigenvalue weighted by atomic mass is 19.4. The fourth-order valence-corrected chi connectivity index (χ4v) is 7.08. The Hall–Kier alpha value is -4.15. The number of alkyl halides is 3. The topological polar surface area (TPSA) is 109 Å². The Labute approximate surface area is 301 Å². The van der Waals surface area contributed by atoms with Gasteiger partial charge in [-0.25, -0.2) is 9.37 Å². The van der Waals surface area contributed by atoms with E-state index in [1.807, 2.05) is 17.2 Å². The monoisotopic (exact) mass is 730 g/mol. The van der Waals surface area contributed by atoms with Gasteiger partial charge in [-0.2, -0.15) is 13.2 Å². The number of nitrogens with zero attached hydrogens (tertiary/aromatic N) is 8. The van der Waals surface area contributed by atoms with E-state index in [1.54, 1.807) is 7.11 Å². The number of aromatic nitrogens is 4. The number of hydrogen-bond acceptors (Lipinski definition) is 11. The number of hydrogen-bond donors (Lipinski definition) is 0. The fourth-order valence-electron chi connectivity index (χ4n) is 7.08. The minimum absolute atomic E-state index is 0.0175. The number of carbonyl (C=O) groups excluding carboxylic acids is 1. The fraction of sp³-hybridized carbons (Fsp3) is 0.583. The van der Waals surface area contributed by atoms with E-state index in [0.717, 1.165) is 81.2 Å². The van der Waals surface area contributed by atoms with Gasteiger partial charge < -0.3 is 24.0 Å². The van der Waals surface area contributed by atoms with Gasteiger partial charge in [0, 0.05) is 89.1 Å². The van der Waals surface area contributed by atoms with E-state index in [2.05, 4.69) is 36.9 Å². The van der Waals surface area contributed by atoms with Crippen LogP contribution in [0.5, 0.6) is 17.4 Å². The van der Waals surface area contributed by atoms with Gasteiger partial charge in [-0.05, 0) is 64.5 Å². The van der Waals surface area contributed by atoms with Crippen molar-refractivity contribution in [2.75, 3.05) is 64.4 Å². The van der Waals surface area contributed by atoms with E-state index in [4.69, 9.17) is 14.2 Å². The molecule has 1 aromatic carbocycles. The summed E-state index contributed by atoms with van der Waals surface area (Å²) in [4.78, 5) is 29.8. The number of carbonyl (C=O) groups is 1. The van der Waals surface area contributed by atoms with Crippen molar-refractivity contribution in [3.8, 4) is 17.4 Å². The number of anilines is 1. The van der Waals surface area contributed by atoms with Crippen LogP contribution in [0.25, 0.3) is 0 Å². The van der Waals surface area contributed by atoms with Gasteiger partial charge in [0.15, 0.2) is 5.82 Å². The number of methoxy groups -OCH3 is 1. The Bertz CT molecular complexity index is 1700. The second-order valence-corrected chi connectivity index (χ2v) is 14.3. The van der Waals surface area contributed by atoms with Crippen molar-refractivity contribution in [3.05, 3.63) is 59.4 Å². The van der Waals surface area contributed by atoms with Crippen LogP contribution >= 0.6 is 0 Å². The Morgan fingerprint density at radius 2 is 1.81 bits per heavy atom. The molecule has 0 radical (unpaired) electrons.